The lowest BCUT2D eigenvalue weighted by molar-refractivity contribution is -0.139. The van der Waals surface area contributed by atoms with Crippen LogP contribution in [0, 0.1) is 5.41 Å². The maximum atomic E-state index is 13.0. The van der Waals surface area contributed by atoms with Crippen molar-refractivity contribution in [1.82, 2.24) is 0 Å². The molecule has 0 spiro atoms. The summed E-state index contributed by atoms with van der Waals surface area (Å²) < 4.78 is 49.6. The van der Waals surface area contributed by atoms with Crippen LogP contribution in [-0.2, 0) is 10.9 Å². The molecule has 0 radical (unpaired) electrons. The van der Waals surface area contributed by atoms with E-state index in [1.54, 1.807) is 0 Å². The molecule has 1 aliphatic heterocycles. The summed E-state index contributed by atoms with van der Waals surface area (Å²) in [6.07, 6.45) is -3.52. The summed E-state index contributed by atoms with van der Waals surface area (Å²) in [6, 6.07) is 3.38. The van der Waals surface area contributed by atoms with Gasteiger partial charge in [0.25, 0.3) is 0 Å². The zero-order chi connectivity index (χ0) is 14.8. The molecule has 0 amide bonds. The number of alkyl halides is 3. The Hall–Kier alpha value is -1.76. The standard InChI is InChI=1S/C13H15F3N2O2/c14-13(15,16)10-6-8(12(17)18)3-4-11(10)20-9-2-1-5-19-7-9/h3-4,6,9H,1-2,5,7H2,(H3,17,18). The molecule has 1 aromatic rings. The molecule has 1 saturated heterocycles. The van der Waals surface area contributed by atoms with Gasteiger partial charge in [-0.25, -0.2) is 0 Å². The van der Waals surface area contributed by atoms with Crippen molar-refractivity contribution < 1.29 is 22.6 Å². The molecule has 1 aromatic carbocycles. The van der Waals surface area contributed by atoms with Crippen molar-refractivity contribution >= 4 is 5.84 Å². The van der Waals surface area contributed by atoms with E-state index in [4.69, 9.17) is 20.6 Å². The van der Waals surface area contributed by atoms with Crippen LogP contribution in [0.1, 0.15) is 24.0 Å². The first-order chi connectivity index (χ1) is 9.38. The zero-order valence-electron chi connectivity index (χ0n) is 10.7. The molecule has 1 heterocycles. The number of hydrogen-bond acceptors (Lipinski definition) is 3. The van der Waals surface area contributed by atoms with E-state index in [1.807, 2.05) is 0 Å². The van der Waals surface area contributed by atoms with Gasteiger partial charge in [0, 0.05) is 12.2 Å². The van der Waals surface area contributed by atoms with Crippen molar-refractivity contribution in [3.05, 3.63) is 29.3 Å². The summed E-state index contributed by atoms with van der Waals surface area (Å²) in [5.74, 6) is -0.666. The van der Waals surface area contributed by atoms with Gasteiger partial charge in [0.2, 0.25) is 0 Å². The molecule has 0 aromatic heterocycles. The number of nitrogens with one attached hydrogen (secondary N) is 1. The van der Waals surface area contributed by atoms with Gasteiger partial charge >= 0.3 is 6.18 Å². The molecule has 110 valence electrons. The number of benzene rings is 1. The first-order valence-corrected chi connectivity index (χ1v) is 6.18. The fraction of sp³-hybridized carbons (Fsp3) is 0.462. The minimum absolute atomic E-state index is 0.0181. The van der Waals surface area contributed by atoms with E-state index in [0.717, 1.165) is 12.5 Å². The molecular formula is C13H15F3N2O2. The van der Waals surface area contributed by atoms with Gasteiger partial charge in [-0.15, -0.1) is 0 Å². The van der Waals surface area contributed by atoms with Gasteiger partial charge in [-0.2, -0.15) is 13.2 Å². The third kappa shape index (κ3) is 3.41. The monoisotopic (exact) mass is 288 g/mol. The number of ether oxygens (including phenoxy) is 2. The first-order valence-electron chi connectivity index (χ1n) is 6.18. The largest absolute Gasteiger partial charge is 0.487 e. The molecular weight excluding hydrogens is 273 g/mol. The van der Waals surface area contributed by atoms with Crippen LogP contribution in [0.5, 0.6) is 5.75 Å². The van der Waals surface area contributed by atoms with Crippen LogP contribution in [-0.4, -0.2) is 25.2 Å². The SMILES string of the molecule is N=C(N)c1ccc(OC2CCCOC2)c(C(F)(F)F)c1. The lowest BCUT2D eigenvalue weighted by Crippen LogP contribution is -2.29. The van der Waals surface area contributed by atoms with Crippen LogP contribution < -0.4 is 10.5 Å². The molecule has 2 rings (SSSR count). The third-order valence-electron chi connectivity index (χ3n) is 3.01. The summed E-state index contributed by atoms with van der Waals surface area (Å²) in [5, 5.41) is 7.21. The van der Waals surface area contributed by atoms with Crippen molar-refractivity contribution in [2.45, 2.75) is 25.1 Å². The van der Waals surface area contributed by atoms with Crippen LogP contribution in [0.3, 0.4) is 0 Å². The van der Waals surface area contributed by atoms with Gasteiger partial charge in [0.05, 0.1) is 12.2 Å². The number of rotatable bonds is 3. The summed E-state index contributed by atoms with van der Waals surface area (Å²) in [4.78, 5) is 0. The molecule has 3 N–H and O–H groups in total. The van der Waals surface area contributed by atoms with Crippen LogP contribution >= 0.6 is 0 Å². The number of amidine groups is 1. The quantitative estimate of drug-likeness (QED) is 0.663. The summed E-state index contributed by atoms with van der Waals surface area (Å²) in [5.41, 5.74) is 4.31. The van der Waals surface area contributed by atoms with E-state index in [1.165, 1.54) is 12.1 Å². The van der Waals surface area contributed by atoms with Crippen LogP contribution in [0.4, 0.5) is 13.2 Å². The maximum absolute atomic E-state index is 13.0. The molecule has 0 saturated carbocycles. The lowest BCUT2D eigenvalue weighted by Gasteiger charge is -2.25. The molecule has 1 atom stereocenters. The second-order valence-electron chi connectivity index (χ2n) is 4.58. The third-order valence-corrected chi connectivity index (χ3v) is 3.01. The molecule has 1 unspecified atom stereocenters. The van der Waals surface area contributed by atoms with Gasteiger partial charge < -0.3 is 15.2 Å². The Morgan fingerprint density at radius 3 is 2.70 bits per heavy atom. The topological polar surface area (TPSA) is 68.3 Å². The van der Waals surface area contributed by atoms with Gasteiger partial charge in [-0.3, -0.25) is 5.41 Å². The van der Waals surface area contributed by atoms with Crippen LogP contribution in [0.25, 0.3) is 0 Å². The van der Waals surface area contributed by atoms with Crippen molar-refractivity contribution in [1.29, 1.82) is 5.41 Å². The maximum Gasteiger partial charge on any atom is 0.419 e. The molecule has 1 aliphatic rings. The van der Waals surface area contributed by atoms with E-state index in [2.05, 4.69) is 0 Å². The highest BCUT2D eigenvalue weighted by Gasteiger charge is 2.35. The fourth-order valence-electron chi connectivity index (χ4n) is 2.01. The second kappa shape index (κ2) is 5.70. The number of halogens is 3. The Bertz CT molecular complexity index is 497. The molecule has 4 nitrogen and oxygen atoms in total. The highest BCUT2D eigenvalue weighted by molar-refractivity contribution is 5.95. The van der Waals surface area contributed by atoms with E-state index in [-0.39, 0.29) is 24.0 Å². The van der Waals surface area contributed by atoms with Gasteiger partial charge in [-0.05, 0) is 31.0 Å². The number of nitrogens with two attached hydrogens (primary N) is 1. The predicted octanol–water partition coefficient (Wildman–Crippen LogP) is 2.55. The van der Waals surface area contributed by atoms with Gasteiger partial charge in [-0.1, -0.05) is 0 Å². The molecule has 1 fully saturated rings. The highest BCUT2D eigenvalue weighted by atomic mass is 19.4. The minimum atomic E-state index is -4.56. The first kappa shape index (κ1) is 14.6. The van der Waals surface area contributed by atoms with E-state index >= 15 is 0 Å². The van der Waals surface area contributed by atoms with Crippen molar-refractivity contribution in [2.75, 3.05) is 13.2 Å². The Morgan fingerprint density at radius 1 is 1.40 bits per heavy atom. The summed E-state index contributed by atoms with van der Waals surface area (Å²) in [6.45, 7) is 0.890. The zero-order valence-corrected chi connectivity index (χ0v) is 10.7. The van der Waals surface area contributed by atoms with E-state index < -0.39 is 17.6 Å². The van der Waals surface area contributed by atoms with E-state index in [9.17, 15) is 13.2 Å². The summed E-state index contributed by atoms with van der Waals surface area (Å²) >= 11 is 0. The molecule has 7 heteroatoms. The van der Waals surface area contributed by atoms with Crippen LogP contribution in [0.15, 0.2) is 18.2 Å². The van der Waals surface area contributed by atoms with Gasteiger partial charge in [0.1, 0.15) is 17.7 Å². The van der Waals surface area contributed by atoms with Gasteiger partial charge in [0.15, 0.2) is 0 Å². The molecule has 0 bridgehead atoms. The minimum Gasteiger partial charge on any atom is -0.487 e. The van der Waals surface area contributed by atoms with Crippen molar-refractivity contribution in [3.8, 4) is 5.75 Å². The number of hydrogen-bond donors (Lipinski definition) is 2. The molecule has 20 heavy (non-hydrogen) atoms. The second-order valence-corrected chi connectivity index (χ2v) is 4.58. The summed E-state index contributed by atoms with van der Waals surface area (Å²) in [7, 11) is 0. The van der Waals surface area contributed by atoms with Crippen LogP contribution in [0.2, 0.25) is 0 Å². The average Bonchev–Trinajstić information content (AvgIpc) is 2.39. The molecule has 0 aliphatic carbocycles. The lowest BCUT2D eigenvalue weighted by atomic mass is 10.1. The Labute approximate surface area is 114 Å². The fourth-order valence-corrected chi connectivity index (χ4v) is 2.01. The van der Waals surface area contributed by atoms with Crippen molar-refractivity contribution in [3.63, 3.8) is 0 Å². The van der Waals surface area contributed by atoms with Crippen molar-refractivity contribution in [2.24, 2.45) is 5.73 Å². The Kier molecular flexibility index (Phi) is 4.17. The average molecular weight is 288 g/mol. The predicted molar refractivity (Wildman–Crippen MR) is 66.9 cm³/mol. The number of nitrogen functional groups attached to an aromatic ring is 1. The normalized spacial score (nSPS) is 19.6. The highest BCUT2D eigenvalue weighted by Crippen LogP contribution is 2.37. The Morgan fingerprint density at radius 2 is 2.15 bits per heavy atom. The van der Waals surface area contributed by atoms with E-state index in [0.29, 0.717) is 13.0 Å². The smallest absolute Gasteiger partial charge is 0.419 e. The Balaban J connectivity index is 2.28.